The molecule has 0 unspecified atom stereocenters. The lowest BCUT2D eigenvalue weighted by Crippen LogP contribution is -1.85. The van der Waals surface area contributed by atoms with Gasteiger partial charge < -0.3 is 0 Å². The highest BCUT2D eigenvalue weighted by Gasteiger charge is 1.87. The van der Waals surface area contributed by atoms with Crippen LogP contribution in [0, 0.1) is 6.92 Å². The topological polar surface area (TPSA) is 30.7 Å². The van der Waals surface area contributed by atoms with Crippen molar-refractivity contribution in [1.29, 1.82) is 0 Å². The zero-order valence-corrected chi connectivity index (χ0v) is 7.67. The Morgan fingerprint density at radius 1 is 1.21 bits per heavy atom. The molecule has 0 spiro atoms. The summed E-state index contributed by atoms with van der Waals surface area (Å²) in [6.07, 6.45) is 7.24. The number of rotatable bonds is 2. The van der Waals surface area contributed by atoms with E-state index < -0.39 is 0 Å². The molecular weight excluding hydrogens is 174 g/mol. The second-order valence-corrected chi connectivity index (χ2v) is 2.94. The zero-order chi connectivity index (χ0) is 9.80. The van der Waals surface area contributed by atoms with Crippen LogP contribution in [0.1, 0.15) is 11.1 Å². The molecule has 1 aromatic heterocycles. The molecule has 0 N–H and O–H groups in total. The van der Waals surface area contributed by atoms with Gasteiger partial charge in [0.2, 0.25) is 0 Å². The highest BCUT2D eigenvalue weighted by atomic mass is 15.4. The zero-order valence-electron chi connectivity index (χ0n) is 7.67. The van der Waals surface area contributed by atoms with Gasteiger partial charge in [-0.2, -0.15) is 0 Å². The summed E-state index contributed by atoms with van der Waals surface area (Å²) in [6, 6.07) is 7.97. The summed E-state index contributed by atoms with van der Waals surface area (Å²) in [5.41, 5.74) is 2.14. The minimum atomic E-state index is 1.02. The van der Waals surface area contributed by atoms with Gasteiger partial charge in [0.15, 0.2) is 0 Å². The first-order valence-corrected chi connectivity index (χ1v) is 4.30. The molecule has 0 saturated carbocycles. The van der Waals surface area contributed by atoms with E-state index in [1.165, 1.54) is 0 Å². The molecule has 2 rings (SSSR count). The quantitative estimate of drug-likeness (QED) is 0.715. The molecule has 0 aliphatic heterocycles. The Balaban J connectivity index is 2.15. The van der Waals surface area contributed by atoms with Crippen LogP contribution in [0.5, 0.6) is 0 Å². The first kappa shape index (κ1) is 8.69. The molecule has 0 aliphatic carbocycles. The second kappa shape index (κ2) is 3.87. The van der Waals surface area contributed by atoms with E-state index >= 15 is 0 Å². The van der Waals surface area contributed by atoms with Crippen molar-refractivity contribution >= 4 is 12.3 Å². The molecule has 0 fully saturated rings. The maximum atomic E-state index is 3.82. The van der Waals surface area contributed by atoms with Gasteiger partial charge in [0.1, 0.15) is 0 Å². The molecule has 1 radical (unpaired) electrons. The predicted molar refractivity (Wildman–Crippen MR) is 56.1 cm³/mol. The SMILES string of the molecule is [CH2]c1ccc(/C=C/n2ccnn2)cc1. The Morgan fingerprint density at radius 2 is 2.00 bits per heavy atom. The summed E-state index contributed by atoms with van der Waals surface area (Å²) < 4.78 is 1.65. The third-order valence-electron chi connectivity index (χ3n) is 1.84. The van der Waals surface area contributed by atoms with Crippen LogP contribution in [-0.2, 0) is 0 Å². The lowest BCUT2D eigenvalue weighted by molar-refractivity contribution is 0.842. The van der Waals surface area contributed by atoms with Crippen molar-refractivity contribution in [2.24, 2.45) is 0 Å². The minimum absolute atomic E-state index is 1.02. The van der Waals surface area contributed by atoms with Gasteiger partial charge in [0, 0.05) is 6.20 Å². The smallest absolute Gasteiger partial charge is 0.0697 e. The van der Waals surface area contributed by atoms with E-state index in [9.17, 15) is 0 Å². The molecule has 3 heteroatoms. The number of nitrogens with zero attached hydrogens (tertiary/aromatic N) is 3. The summed E-state index contributed by atoms with van der Waals surface area (Å²) in [5.74, 6) is 0. The van der Waals surface area contributed by atoms with Crippen LogP contribution < -0.4 is 0 Å². The monoisotopic (exact) mass is 184 g/mol. The third kappa shape index (κ3) is 2.07. The fraction of sp³-hybridized carbons (Fsp3) is 0. The lowest BCUT2D eigenvalue weighted by Gasteiger charge is -1.94. The molecular formula is C11H10N3. The maximum absolute atomic E-state index is 3.82. The van der Waals surface area contributed by atoms with Crippen molar-refractivity contribution in [3.8, 4) is 0 Å². The fourth-order valence-corrected chi connectivity index (χ4v) is 1.09. The van der Waals surface area contributed by atoms with Crippen LogP contribution in [0.25, 0.3) is 12.3 Å². The maximum Gasteiger partial charge on any atom is 0.0697 e. The highest BCUT2D eigenvalue weighted by molar-refractivity contribution is 5.60. The van der Waals surface area contributed by atoms with E-state index in [1.54, 1.807) is 17.1 Å². The van der Waals surface area contributed by atoms with Gasteiger partial charge in [-0.05, 0) is 24.1 Å². The first-order chi connectivity index (χ1) is 6.84. The normalized spacial score (nSPS) is 10.9. The van der Waals surface area contributed by atoms with Crippen LogP contribution in [0.2, 0.25) is 0 Å². The Bertz CT molecular complexity index is 412. The van der Waals surface area contributed by atoms with Gasteiger partial charge in [-0.1, -0.05) is 29.5 Å². The largest absolute Gasteiger partial charge is 0.228 e. The first-order valence-electron chi connectivity index (χ1n) is 4.30. The van der Waals surface area contributed by atoms with Crippen LogP contribution in [-0.4, -0.2) is 15.0 Å². The molecule has 1 heterocycles. The lowest BCUT2D eigenvalue weighted by atomic mass is 10.1. The predicted octanol–water partition coefficient (Wildman–Crippen LogP) is 2.09. The molecule has 0 saturated heterocycles. The van der Waals surface area contributed by atoms with Crippen molar-refractivity contribution in [3.05, 3.63) is 54.7 Å². The van der Waals surface area contributed by atoms with E-state index in [0.717, 1.165) is 11.1 Å². The average Bonchev–Trinajstić information content (AvgIpc) is 2.70. The van der Waals surface area contributed by atoms with Gasteiger partial charge in [-0.15, -0.1) is 5.10 Å². The summed E-state index contributed by atoms with van der Waals surface area (Å²) >= 11 is 0. The van der Waals surface area contributed by atoms with Gasteiger partial charge in [0.25, 0.3) is 0 Å². The van der Waals surface area contributed by atoms with Crippen molar-refractivity contribution in [1.82, 2.24) is 15.0 Å². The van der Waals surface area contributed by atoms with Crippen LogP contribution in [0.15, 0.2) is 36.7 Å². The molecule has 69 valence electrons. The second-order valence-electron chi connectivity index (χ2n) is 2.94. The summed E-state index contributed by atoms with van der Waals surface area (Å²) in [4.78, 5) is 0. The highest BCUT2D eigenvalue weighted by Crippen LogP contribution is 2.05. The average molecular weight is 184 g/mol. The Hall–Kier alpha value is -1.90. The van der Waals surface area contributed by atoms with E-state index in [4.69, 9.17) is 0 Å². The van der Waals surface area contributed by atoms with Crippen molar-refractivity contribution < 1.29 is 0 Å². The number of benzene rings is 1. The van der Waals surface area contributed by atoms with E-state index in [0.29, 0.717) is 0 Å². The summed E-state index contributed by atoms with van der Waals surface area (Å²) in [7, 11) is 0. The van der Waals surface area contributed by atoms with E-state index in [-0.39, 0.29) is 0 Å². The van der Waals surface area contributed by atoms with Gasteiger partial charge in [0.05, 0.1) is 12.4 Å². The third-order valence-corrected chi connectivity index (χ3v) is 1.84. The molecule has 0 atom stereocenters. The molecule has 3 nitrogen and oxygen atoms in total. The van der Waals surface area contributed by atoms with Crippen LogP contribution in [0.4, 0.5) is 0 Å². The summed E-state index contributed by atoms with van der Waals surface area (Å²) in [6.45, 7) is 3.82. The summed E-state index contributed by atoms with van der Waals surface area (Å²) in [5, 5.41) is 7.52. The van der Waals surface area contributed by atoms with Gasteiger partial charge in [-0.3, -0.25) is 0 Å². The fourth-order valence-electron chi connectivity index (χ4n) is 1.09. The molecule has 0 amide bonds. The molecule has 14 heavy (non-hydrogen) atoms. The number of aromatic nitrogens is 3. The standard InChI is InChI=1S/C11H10N3/c1-10-2-4-11(5-3-10)6-8-14-9-7-12-13-14/h2-9H,1H2/b8-6+. The van der Waals surface area contributed by atoms with E-state index in [2.05, 4.69) is 17.2 Å². The molecule has 0 aliphatic rings. The van der Waals surface area contributed by atoms with Gasteiger partial charge in [-0.25, -0.2) is 4.68 Å². The number of hydrogen-bond acceptors (Lipinski definition) is 2. The van der Waals surface area contributed by atoms with E-state index in [1.807, 2.05) is 36.5 Å². The van der Waals surface area contributed by atoms with Crippen LogP contribution >= 0.6 is 0 Å². The van der Waals surface area contributed by atoms with Crippen molar-refractivity contribution in [2.45, 2.75) is 0 Å². The number of hydrogen-bond donors (Lipinski definition) is 0. The van der Waals surface area contributed by atoms with Crippen LogP contribution in [0.3, 0.4) is 0 Å². The van der Waals surface area contributed by atoms with Crippen molar-refractivity contribution in [3.63, 3.8) is 0 Å². The minimum Gasteiger partial charge on any atom is -0.228 e. The van der Waals surface area contributed by atoms with Gasteiger partial charge >= 0.3 is 0 Å². The van der Waals surface area contributed by atoms with Crippen molar-refractivity contribution in [2.75, 3.05) is 0 Å². The Morgan fingerprint density at radius 3 is 2.64 bits per heavy atom. The molecule has 1 aromatic carbocycles. The Kier molecular flexibility index (Phi) is 2.40. The molecule has 2 aromatic rings. The molecule has 0 bridgehead atoms. The Labute approximate surface area is 82.7 Å².